The Bertz CT molecular complexity index is 1280. The lowest BCUT2D eigenvalue weighted by Crippen LogP contribution is -2.07. The topological polar surface area (TPSA) is 70.7 Å². The number of hydrogen-bond acceptors (Lipinski definition) is 5. The van der Waals surface area contributed by atoms with Gasteiger partial charge in [-0.05, 0) is 37.6 Å². The Morgan fingerprint density at radius 2 is 1.91 bits per heavy atom. The highest BCUT2D eigenvalue weighted by Gasteiger charge is 2.18. The van der Waals surface area contributed by atoms with E-state index in [2.05, 4.69) is 14.8 Å². The predicted molar refractivity (Wildman–Crippen MR) is 113 cm³/mol. The van der Waals surface area contributed by atoms with E-state index >= 15 is 0 Å². The number of methoxy groups -OCH3 is 1. The second-order valence-electron chi connectivity index (χ2n) is 7.43. The van der Waals surface area contributed by atoms with Crippen LogP contribution >= 0.6 is 0 Å². The van der Waals surface area contributed by atoms with Crippen molar-refractivity contribution >= 4 is 11.6 Å². The molecular formula is C23H22F2N4O3. The lowest BCUT2D eigenvalue weighted by Gasteiger charge is -2.11. The van der Waals surface area contributed by atoms with Crippen molar-refractivity contribution < 1.29 is 23.0 Å². The molecule has 3 heterocycles. The molecule has 0 aliphatic rings. The molecule has 4 aromatic rings. The number of aromatic nitrogens is 4. The molecule has 0 unspecified atom stereocenters. The number of ether oxygens (including phenoxy) is 2. The number of pyridine rings is 1. The largest absolute Gasteiger partial charge is 0.485 e. The van der Waals surface area contributed by atoms with Crippen molar-refractivity contribution in [3.63, 3.8) is 0 Å². The Morgan fingerprint density at radius 3 is 2.62 bits per heavy atom. The van der Waals surface area contributed by atoms with Crippen LogP contribution in [0.3, 0.4) is 0 Å². The second kappa shape index (κ2) is 8.78. The Labute approximate surface area is 183 Å². The highest BCUT2D eigenvalue weighted by atomic mass is 19.1. The van der Waals surface area contributed by atoms with Gasteiger partial charge >= 0.3 is 5.97 Å². The number of fused-ring (bicyclic) bond motifs is 1. The third-order valence-corrected chi connectivity index (χ3v) is 5.11. The fourth-order valence-electron chi connectivity index (χ4n) is 3.55. The van der Waals surface area contributed by atoms with E-state index < -0.39 is 11.6 Å². The summed E-state index contributed by atoms with van der Waals surface area (Å²) in [6, 6.07) is 5.49. The molecule has 3 aromatic heterocycles. The van der Waals surface area contributed by atoms with Gasteiger partial charge in [0, 0.05) is 18.0 Å². The summed E-state index contributed by atoms with van der Waals surface area (Å²) in [5.74, 6) is -1.21. The summed E-state index contributed by atoms with van der Waals surface area (Å²) in [4.78, 5) is 16.0. The average Bonchev–Trinajstić information content (AvgIpc) is 3.34. The van der Waals surface area contributed by atoms with Gasteiger partial charge in [-0.15, -0.1) is 0 Å². The minimum absolute atomic E-state index is 0.137. The van der Waals surface area contributed by atoms with Gasteiger partial charge in [0.2, 0.25) is 0 Å². The molecule has 1 aromatic carbocycles. The van der Waals surface area contributed by atoms with E-state index in [9.17, 15) is 13.6 Å². The molecule has 32 heavy (non-hydrogen) atoms. The van der Waals surface area contributed by atoms with Crippen molar-refractivity contribution in [1.29, 1.82) is 0 Å². The van der Waals surface area contributed by atoms with Crippen LogP contribution in [-0.4, -0.2) is 32.2 Å². The van der Waals surface area contributed by atoms with Crippen LogP contribution in [0, 0.1) is 25.5 Å². The molecule has 0 atom stereocenters. The Hall–Kier alpha value is -3.75. The molecule has 9 heteroatoms. The fourth-order valence-corrected chi connectivity index (χ4v) is 3.55. The standard InChI is InChI=1S/C23H22F2N4O3/c1-14-9-20(32-13-17-18(24)5-4-6-19(17)25)23-27-15(2)22(29(23)11-14)16-10-26-28(12-16)8-7-21(30)31-3/h4-6,9-12H,7-8,13H2,1-3H3. The van der Waals surface area contributed by atoms with Crippen molar-refractivity contribution in [2.45, 2.75) is 33.4 Å². The van der Waals surface area contributed by atoms with Crippen LogP contribution in [0.4, 0.5) is 8.78 Å². The lowest BCUT2D eigenvalue weighted by molar-refractivity contribution is -0.140. The first-order valence-corrected chi connectivity index (χ1v) is 10.0. The number of rotatable bonds is 7. The molecule has 0 amide bonds. The van der Waals surface area contributed by atoms with Gasteiger partial charge in [0.05, 0.1) is 43.2 Å². The molecule has 0 N–H and O–H groups in total. The predicted octanol–water partition coefficient (Wildman–Crippen LogP) is 4.23. The number of hydrogen-bond donors (Lipinski definition) is 0. The quantitative estimate of drug-likeness (QED) is 0.402. The first kappa shape index (κ1) is 21.5. The maximum atomic E-state index is 14.0. The number of aryl methyl sites for hydroxylation is 3. The monoisotopic (exact) mass is 440 g/mol. The van der Waals surface area contributed by atoms with E-state index in [4.69, 9.17) is 4.74 Å². The van der Waals surface area contributed by atoms with E-state index in [-0.39, 0.29) is 24.6 Å². The van der Waals surface area contributed by atoms with Crippen LogP contribution in [0.5, 0.6) is 5.75 Å². The maximum absolute atomic E-state index is 14.0. The zero-order valence-corrected chi connectivity index (χ0v) is 17.9. The smallest absolute Gasteiger partial charge is 0.307 e. The van der Waals surface area contributed by atoms with Gasteiger partial charge in [-0.2, -0.15) is 5.10 Å². The minimum Gasteiger partial charge on any atom is -0.485 e. The Morgan fingerprint density at radius 1 is 1.16 bits per heavy atom. The number of imidazole rings is 1. The molecule has 0 saturated carbocycles. The molecule has 0 spiro atoms. The van der Waals surface area contributed by atoms with Gasteiger partial charge in [0.15, 0.2) is 11.4 Å². The molecule has 4 rings (SSSR count). The highest BCUT2D eigenvalue weighted by Crippen LogP contribution is 2.30. The van der Waals surface area contributed by atoms with Crippen LogP contribution in [0.25, 0.3) is 16.9 Å². The van der Waals surface area contributed by atoms with E-state index in [1.807, 2.05) is 30.6 Å². The fraction of sp³-hybridized carbons (Fsp3) is 0.261. The van der Waals surface area contributed by atoms with Crippen molar-refractivity contribution in [1.82, 2.24) is 19.2 Å². The van der Waals surface area contributed by atoms with E-state index in [0.717, 1.165) is 22.5 Å². The SMILES string of the molecule is COC(=O)CCn1cc(-c2c(C)nc3c(OCc4c(F)cccc4F)cc(C)cn23)cn1. The van der Waals surface area contributed by atoms with E-state index in [0.29, 0.717) is 17.9 Å². The third kappa shape index (κ3) is 4.18. The molecule has 166 valence electrons. The zero-order valence-electron chi connectivity index (χ0n) is 17.9. The zero-order chi connectivity index (χ0) is 22.8. The first-order chi connectivity index (χ1) is 15.4. The molecular weight excluding hydrogens is 418 g/mol. The molecule has 0 radical (unpaired) electrons. The maximum Gasteiger partial charge on any atom is 0.307 e. The average molecular weight is 440 g/mol. The normalized spacial score (nSPS) is 11.2. The van der Waals surface area contributed by atoms with Gasteiger partial charge in [0.1, 0.15) is 18.2 Å². The molecule has 0 bridgehead atoms. The van der Waals surface area contributed by atoms with E-state index in [1.54, 1.807) is 16.9 Å². The van der Waals surface area contributed by atoms with Gasteiger partial charge in [-0.1, -0.05) is 6.07 Å². The number of carbonyl (C=O) groups excluding carboxylic acids is 1. The minimum atomic E-state index is -0.659. The molecule has 0 aliphatic heterocycles. The van der Waals surface area contributed by atoms with Crippen molar-refractivity contribution in [2.24, 2.45) is 0 Å². The van der Waals surface area contributed by atoms with E-state index in [1.165, 1.54) is 25.3 Å². The summed E-state index contributed by atoms with van der Waals surface area (Å²) < 4.78 is 42.0. The van der Waals surface area contributed by atoms with Crippen molar-refractivity contribution in [2.75, 3.05) is 7.11 Å². The van der Waals surface area contributed by atoms with Gasteiger partial charge in [-0.3, -0.25) is 13.9 Å². The van der Waals surface area contributed by atoms with Crippen molar-refractivity contribution in [3.8, 4) is 17.0 Å². The van der Waals surface area contributed by atoms with Crippen LogP contribution in [0.15, 0.2) is 42.9 Å². The van der Waals surface area contributed by atoms with Crippen LogP contribution < -0.4 is 4.74 Å². The van der Waals surface area contributed by atoms with Gasteiger partial charge in [0.25, 0.3) is 0 Å². The number of nitrogens with zero attached hydrogens (tertiary/aromatic N) is 4. The van der Waals surface area contributed by atoms with Crippen LogP contribution in [0.2, 0.25) is 0 Å². The first-order valence-electron chi connectivity index (χ1n) is 10.0. The van der Waals surface area contributed by atoms with Gasteiger partial charge in [-0.25, -0.2) is 13.8 Å². The summed E-state index contributed by atoms with van der Waals surface area (Å²) in [5.41, 5.74) is 3.65. The lowest BCUT2D eigenvalue weighted by atomic mass is 10.2. The summed E-state index contributed by atoms with van der Waals surface area (Å²) in [6.45, 7) is 3.90. The second-order valence-corrected chi connectivity index (χ2v) is 7.43. The number of halogens is 2. The molecule has 0 fully saturated rings. The Kier molecular flexibility index (Phi) is 5.89. The van der Waals surface area contributed by atoms with Gasteiger partial charge < -0.3 is 9.47 Å². The highest BCUT2D eigenvalue weighted by molar-refractivity contribution is 5.70. The summed E-state index contributed by atoms with van der Waals surface area (Å²) >= 11 is 0. The summed E-state index contributed by atoms with van der Waals surface area (Å²) in [7, 11) is 1.35. The van der Waals surface area contributed by atoms with Crippen LogP contribution in [-0.2, 0) is 22.7 Å². The summed E-state index contributed by atoms with van der Waals surface area (Å²) in [5, 5.41) is 4.32. The van der Waals surface area contributed by atoms with Crippen molar-refractivity contribution in [3.05, 3.63) is 71.3 Å². The molecule has 7 nitrogen and oxygen atoms in total. The number of benzene rings is 1. The third-order valence-electron chi connectivity index (χ3n) is 5.11. The molecule has 0 aliphatic carbocycles. The number of esters is 1. The number of carbonyl (C=O) groups is 1. The Balaban J connectivity index is 1.66. The molecule has 0 saturated heterocycles. The van der Waals surface area contributed by atoms with Crippen LogP contribution in [0.1, 0.15) is 23.2 Å². The summed E-state index contributed by atoms with van der Waals surface area (Å²) in [6.07, 6.45) is 5.66.